The lowest BCUT2D eigenvalue weighted by Gasteiger charge is -2.33. The van der Waals surface area contributed by atoms with E-state index in [9.17, 15) is 18.0 Å². The molecule has 0 saturated carbocycles. The second-order valence-electron chi connectivity index (χ2n) is 7.33. The summed E-state index contributed by atoms with van der Waals surface area (Å²) in [6, 6.07) is 14.2. The molecular formula is C21H20BrN3O5S. The lowest BCUT2D eigenvalue weighted by atomic mass is 9.81. The lowest BCUT2D eigenvalue weighted by molar-refractivity contribution is -0.136. The van der Waals surface area contributed by atoms with E-state index in [4.69, 9.17) is 4.18 Å². The molecule has 10 heteroatoms. The van der Waals surface area contributed by atoms with Crippen LogP contribution in [0.5, 0.6) is 5.75 Å². The number of benzene rings is 2. The maximum atomic E-state index is 12.2. The Morgan fingerprint density at radius 3 is 2.58 bits per heavy atom. The van der Waals surface area contributed by atoms with Crippen molar-refractivity contribution in [2.24, 2.45) is 4.99 Å². The average molecular weight is 506 g/mol. The predicted molar refractivity (Wildman–Crippen MR) is 118 cm³/mol. The number of amidine groups is 1. The number of carbonyl (C=O) groups excluding carboxylic acids is 2. The Morgan fingerprint density at radius 2 is 1.87 bits per heavy atom. The van der Waals surface area contributed by atoms with Crippen LogP contribution in [0.25, 0.3) is 0 Å². The maximum Gasteiger partial charge on any atom is 0.316 e. The number of fused-ring (bicyclic) bond motifs is 1. The standard InChI is InChI=1S/C21H20BrN3O5S/c1-2-9-31(28,29)30-17-8-4-6-15(11-17)21(14-5-3-7-16(22)10-14)20-24-19(27)18(26)12-25(20)13-23-21/h3-8,10-11,23H,2,9,12-13H2,1H3. The van der Waals surface area contributed by atoms with Gasteiger partial charge in [-0.1, -0.05) is 47.1 Å². The van der Waals surface area contributed by atoms with E-state index >= 15 is 0 Å². The van der Waals surface area contributed by atoms with Gasteiger partial charge in [0.05, 0.1) is 19.0 Å². The number of carbonyl (C=O) groups is 2. The molecule has 1 amide bonds. The summed E-state index contributed by atoms with van der Waals surface area (Å²) >= 11 is 3.48. The monoisotopic (exact) mass is 505 g/mol. The molecule has 31 heavy (non-hydrogen) atoms. The van der Waals surface area contributed by atoms with E-state index in [0.29, 0.717) is 24.5 Å². The molecule has 1 atom stereocenters. The van der Waals surface area contributed by atoms with Gasteiger partial charge in [0.2, 0.25) is 5.78 Å². The third-order valence-electron chi connectivity index (χ3n) is 5.15. The molecule has 0 bridgehead atoms. The number of Topliss-reactive ketones (excluding diaryl/α,β-unsaturated/α-hetero) is 1. The summed E-state index contributed by atoms with van der Waals surface area (Å²) in [4.78, 5) is 29.9. The third-order valence-corrected chi connectivity index (χ3v) is 7.00. The van der Waals surface area contributed by atoms with Crippen LogP contribution in [-0.4, -0.2) is 49.8 Å². The molecule has 2 aliphatic heterocycles. The summed E-state index contributed by atoms with van der Waals surface area (Å²) in [5.41, 5.74) is 0.352. The number of hydrogen-bond acceptors (Lipinski definition) is 7. The Balaban J connectivity index is 1.88. The highest BCUT2D eigenvalue weighted by atomic mass is 79.9. The molecule has 2 aromatic rings. The molecule has 2 aliphatic rings. The zero-order valence-corrected chi connectivity index (χ0v) is 19.1. The molecule has 0 spiro atoms. The first kappa shape index (κ1) is 21.7. The summed E-state index contributed by atoms with van der Waals surface area (Å²) in [5, 5.41) is 3.39. The fourth-order valence-corrected chi connectivity index (χ4v) is 5.24. The Bertz CT molecular complexity index is 1200. The van der Waals surface area contributed by atoms with Crippen LogP contribution in [0.4, 0.5) is 0 Å². The van der Waals surface area contributed by atoms with Gasteiger partial charge in [-0.05, 0) is 41.8 Å². The Labute approximate surface area is 188 Å². The van der Waals surface area contributed by atoms with Gasteiger partial charge in [0, 0.05) is 4.47 Å². The first-order valence-corrected chi connectivity index (χ1v) is 12.1. The topological polar surface area (TPSA) is 105 Å². The molecule has 8 nitrogen and oxygen atoms in total. The van der Waals surface area contributed by atoms with Crippen molar-refractivity contribution in [3.8, 4) is 5.75 Å². The van der Waals surface area contributed by atoms with E-state index in [1.807, 2.05) is 24.3 Å². The molecule has 4 rings (SSSR count). The van der Waals surface area contributed by atoms with Crippen LogP contribution in [-0.2, 0) is 25.2 Å². The highest BCUT2D eigenvalue weighted by Crippen LogP contribution is 2.39. The Hall–Kier alpha value is -2.56. The summed E-state index contributed by atoms with van der Waals surface area (Å²) < 4.78 is 30.5. The maximum absolute atomic E-state index is 12.2. The Morgan fingerprint density at radius 1 is 1.16 bits per heavy atom. The summed E-state index contributed by atoms with van der Waals surface area (Å²) in [6.07, 6.45) is 0.438. The van der Waals surface area contributed by atoms with E-state index in [1.54, 1.807) is 36.1 Å². The third kappa shape index (κ3) is 4.02. The first-order valence-electron chi connectivity index (χ1n) is 9.70. The van der Waals surface area contributed by atoms with Gasteiger partial charge in [0.15, 0.2) is 0 Å². The minimum Gasteiger partial charge on any atom is -0.382 e. The van der Waals surface area contributed by atoms with Gasteiger partial charge in [0.1, 0.15) is 17.1 Å². The molecule has 0 aliphatic carbocycles. The predicted octanol–water partition coefficient (Wildman–Crippen LogP) is 2.18. The van der Waals surface area contributed by atoms with Crippen molar-refractivity contribution in [1.29, 1.82) is 0 Å². The molecule has 1 saturated heterocycles. The van der Waals surface area contributed by atoms with E-state index in [0.717, 1.165) is 10.0 Å². The van der Waals surface area contributed by atoms with Crippen LogP contribution < -0.4 is 9.50 Å². The normalized spacial score (nSPS) is 21.1. The molecular weight excluding hydrogens is 486 g/mol. The molecule has 0 radical (unpaired) electrons. The largest absolute Gasteiger partial charge is 0.382 e. The molecule has 1 unspecified atom stereocenters. The summed E-state index contributed by atoms with van der Waals surface area (Å²) in [7, 11) is -3.72. The van der Waals surface area contributed by atoms with Gasteiger partial charge < -0.3 is 9.08 Å². The van der Waals surface area contributed by atoms with Gasteiger partial charge >= 0.3 is 16.0 Å². The van der Waals surface area contributed by atoms with Gasteiger partial charge in [-0.3, -0.25) is 14.9 Å². The van der Waals surface area contributed by atoms with E-state index in [1.165, 1.54) is 0 Å². The molecule has 2 heterocycles. The van der Waals surface area contributed by atoms with Crippen molar-refractivity contribution >= 4 is 43.6 Å². The fourth-order valence-electron chi connectivity index (χ4n) is 3.86. The van der Waals surface area contributed by atoms with Crippen molar-refractivity contribution in [2.75, 3.05) is 19.0 Å². The molecule has 0 aromatic heterocycles. The number of halogens is 1. The van der Waals surface area contributed by atoms with Crippen molar-refractivity contribution < 1.29 is 22.2 Å². The second kappa shape index (κ2) is 8.18. The number of amides is 1. The zero-order valence-electron chi connectivity index (χ0n) is 16.7. The quantitative estimate of drug-likeness (QED) is 0.473. The van der Waals surface area contributed by atoms with Crippen LogP contribution in [0.2, 0.25) is 0 Å². The van der Waals surface area contributed by atoms with Crippen LogP contribution in [0.15, 0.2) is 58.0 Å². The van der Waals surface area contributed by atoms with E-state index < -0.39 is 27.3 Å². The number of aliphatic imine (C=N–C) groups is 1. The highest BCUT2D eigenvalue weighted by Gasteiger charge is 2.50. The molecule has 162 valence electrons. The van der Waals surface area contributed by atoms with Crippen LogP contribution in [0, 0.1) is 0 Å². The second-order valence-corrected chi connectivity index (χ2v) is 9.94. The zero-order chi connectivity index (χ0) is 22.2. The SMILES string of the molecule is CCCS(=O)(=O)Oc1cccc(C2(c3cccc(Br)c3)NCN3CC(=O)C(=O)N=C32)c1. The van der Waals surface area contributed by atoms with Crippen molar-refractivity contribution in [3.63, 3.8) is 0 Å². The molecule has 1 fully saturated rings. The molecule has 1 N–H and O–H groups in total. The number of hydrogen-bond donors (Lipinski definition) is 1. The fraction of sp³-hybridized carbons (Fsp3) is 0.286. The summed E-state index contributed by atoms with van der Waals surface area (Å²) in [5.74, 6) is -0.905. The first-order chi connectivity index (χ1) is 14.7. The average Bonchev–Trinajstić information content (AvgIpc) is 3.07. The molecule has 2 aromatic carbocycles. The van der Waals surface area contributed by atoms with Gasteiger partial charge in [0.25, 0.3) is 0 Å². The minimum absolute atomic E-state index is 0.0680. The summed E-state index contributed by atoms with van der Waals surface area (Å²) in [6.45, 7) is 1.99. The van der Waals surface area contributed by atoms with Crippen molar-refractivity contribution in [3.05, 3.63) is 64.1 Å². The van der Waals surface area contributed by atoms with Crippen LogP contribution >= 0.6 is 15.9 Å². The van der Waals surface area contributed by atoms with Crippen molar-refractivity contribution in [2.45, 2.75) is 18.9 Å². The Kier molecular flexibility index (Phi) is 5.71. The van der Waals surface area contributed by atoms with Gasteiger partial charge in [-0.2, -0.15) is 13.4 Å². The van der Waals surface area contributed by atoms with E-state index in [2.05, 4.69) is 26.2 Å². The number of rotatable bonds is 6. The van der Waals surface area contributed by atoms with Gasteiger partial charge in [-0.25, -0.2) is 0 Å². The van der Waals surface area contributed by atoms with Crippen molar-refractivity contribution in [1.82, 2.24) is 10.2 Å². The number of nitrogens with zero attached hydrogens (tertiary/aromatic N) is 2. The lowest BCUT2D eigenvalue weighted by Crippen LogP contribution is -2.48. The number of ketones is 1. The van der Waals surface area contributed by atoms with Gasteiger partial charge in [-0.15, -0.1) is 0 Å². The van der Waals surface area contributed by atoms with Crippen LogP contribution in [0.3, 0.4) is 0 Å². The number of nitrogens with one attached hydrogen (secondary N) is 1. The minimum atomic E-state index is -3.72. The smallest absolute Gasteiger partial charge is 0.316 e. The van der Waals surface area contributed by atoms with Crippen LogP contribution in [0.1, 0.15) is 24.5 Å². The van der Waals surface area contributed by atoms with E-state index in [-0.39, 0.29) is 18.0 Å². The highest BCUT2D eigenvalue weighted by molar-refractivity contribution is 9.10.